The van der Waals surface area contributed by atoms with Crippen molar-refractivity contribution < 1.29 is 33.8 Å². The third-order valence-electron chi connectivity index (χ3n) is 6.69. The van der Waals surface area contributed by atoms with E-state index in [9.17, 15) is 24.3 Å². The standard InChI is InChI=1S/C28H33NO7S/c1-16-19(12-9-13-22(16)36-17(2)30)26(33)29-21(14-18-10-7-6-8-11-18)25(32)24(31)20-15-37-28(3,4)23(20)27(34)35-5/h6-13,20-21,23-24,31H,14-15H2,1-5H3,(H,29,33)/t20?,21-,23+,24?/m0/s1. The fourth-order valence-electron chi connectivity index (χ4n) is 4.72. The van der Waals surface area contributed by atoms with Crippen LogP contribution in [0.5, 0.6) is 5.75 Å². The van der Waals surface area contributed by atoms with Gasteiger partial charge in [0.25, 0.3) is 5.91 Å². The number of hydrogen-bond acceptors (Lipinski definition) is 8. The van der Waals surface area contributed by atoms with E-state index in [1.54, 1.807) is 25.1 Å². The molecule has 0 bridgehead atoms. The van der Waals surface area contributed by atoms with Crippen molar-refractivity contribution in [3.8, 4) is 5.75 Å². The predicted octanol–water partition coefficient (Wildman–Crippen LogP) is 3.12. The van der Waals surface area contributed by atoms with Crippen LogP contribution < -0.4 is 10.1 Å². The van der Waals surface area contributed by atoms with Crippen molar-refractivity contribution >= 4 is 35.4 Å². The Labute approximate surface area is 221 Å². The minimum Gasteiger partial charge on any atom is -0.469 e. The summed E-state index contributed by atoms with van der Waals surface area (Å²) in [5.41, 5.74) is 1.48. The van der Waals surface area contributed by atoms with Gasteiger partial charge in [0.1, 0.15) is 11.9 Å². The lowest BCUT2D eigenvalue weighted by molar-refractivity contribution is -0.151. The lowest BCUT2D eigenvalue weighted by atomic mass is 9.78. The molecule has 1 fully saturated rings. The number of methoxy groups -OCH3 is 1. The first-order valence-corrected chi connectivity index (χ1v) is 13.0. The fraction of sp³-hybridized carbons (Fsp3) is 0.429. The molecule has 1 heterocycles. The van der Waals surface area contributed by atoms with Crippen molar-refractivity contribution in [1.82, 2.24) is 5.32 Å². The van der Waals surface area contributed by atoms with E-state index < -0.39 is 52.4 Å². The van der Waals surface area contributed by atoms with Crippen LogP contribution in [0.1, 0.15) is 42.3 Å². The lowest BCUT2D eigenvalue weighted by Crippen LogP contribution is -2.51. The molecule has 0 saturated carbocycles. The van der Waals surface area contributed by atoms with E-state index in [1.165, 1.54) is 25.8 Å². The number of carbonyl (C=O) groups excluding carboxylic acids is 4. The fourth-order valence-corrected chi connectivity index (χ4v) is 6.17. The molecular weight excluding hydrogens is 494 g/mol. The van der Waals surface area contributed by atoms with E-state index in [0.29, 0.717) is 11.3 Å². The lowest BCUT2D eigenvalue weighted by Gasteiger charge is -2.30. The summed E-state index contributed by atoms with van der Waals surface area (Å²) in [7, 11) is 1.29. The highest BCUT2D eigenvalue weighted by atomic mass is 32.2. The average Bonchev–Trinajstić information content (AvgIpc) is 3.18. The van der Waals surface area contributed by atoms with Crippen LogP contribution in [0.4, 0.5) is 0 Å². The van der Waals surface area contributed by atoms with Gasteiger partial charge in [0.05, 0.1) is 19.1 Å². The number of ketones is 1. The number of aliphatic hydroxyl groups is 1. The van der Waals surface area contributed by atoms with Crippen LogP contribution in [-0.4, -0.2) is 58.5 Å². The average molecular weight is 528 g/mol. The number of benzene rings is 2. The maximum Gasteiger partial charge on any atom is 0.310 e. The summed E-state index contributed by atoms with van der Waals surface area (Å²) in [4.78, 5) is 51.0. The zero-order valence-electron chi connectivity index (χ0n) is 21.6. The van der Waals surface area contributed by atoms with Gasteiger partial charge in [-0.3, -0.25) is 19.2 Å². The molecule has 1 aliphatic heterocycles. The van der Waals surface area contributed by atoms with Crippen LogP contribution in [0.25, 0.3) is 0 Å². The Balaban J connectivity index is 1.90. The number of hydrogen-bond donors (Lipinski definition) is 2. The second kappa shape index (κ2) is 11.9. The molecule has 2 aromatic rings. The molecule has 1 amide bonds. The minimum absolute atomic E-state index is 0.150. The molecule has 1 saturated heterocycles. The van der Waals surface area contributed by atoms with Gasteiger partial charge in [-0.25, -0.2) is 0 Å². The summed E-state index contributed by atoms with van der Waals surface area (Å²) < 4.78 is 9.64. The van der Waals surface area contributed by atoms with Gasteiger partial charge in [-0.1, -0.05) is 36.4 Å². The molecule has 8 nitrogen and oxygen atoms in total. The first kappa shape index (κ1) is 28.4. The largest absolute Gasteiger partial charge is 0.469 e. The van der Waals surface area contributed by atoms with E-state index in [4.69, 9.17) is 9.47 Å². The van der Waals surface area contributed by atoms with Crippen LogP contribution in [0.15, 0.2) is 48.5 Å². The van der Waals surface area contributed by atoms with Gasteiger partial charge < -0.3 is 19.9 Å². The number of esters is 2. The molecule has 0 radical (unpaired) electrons. The molecule has 1 aliphatic rings. The molecule has 2 N–H and O–H groups in total. The first-order valence-electron chi connectivity index (χ1n) is 12.0. The van der Waals surface area contributed by atoms with Gasteiger partial charge in [-0.15, -0.1) is 0 Å². The molecule has 37 heavy (non-hydrogen) atoms. The molecule has 3 rings (SSSR count). The van der Waals surface area contributed by atoms with E-state index in [1.807, 2.05) is 44.2 Å². The van der Waals surface area contributed by atoms with Crippen LogP contribution in [0.3, 0.4) is 0 Å². The quantitative estimate of drug-likeness (QED) is 0.377. The summed E-state index contributed by atoms with van der Waals surface area (Å²) in [6.45, 7) is 6.69. The van der Waals surface area contributed by atoms with Crippen LogP contribution in [-0.2, 0) is 25.5 Å². The van der Waals surface area contributed by atoms with Gasteiger partial charge in [0.15, 0.2) is 5.78 Å². The highest BCUT2D eigenvalue weighted by Gasteiger charge is 2.52. The molecule has 2 aromatic carbocycles. The van der Waals surface area contributed by atoms with Crippen LogP contribution >= 0.6 is 11.8 Å². The molecular formula is C28H33NO7S. The summed E-state index contributed by atoms with van der Waals surface area (Å²) in [6.07, 6.45) is -1.34. The maximum atomic E-state index is 13.7. The normalized spacial score (nSPS) is 19.9. The minimum atomic E-state index is -1.49. The van der Waals surface area contributed by atoms with Crippen molar-refractivity contribution in [2.45, 2.75) is 51.0 Å². The monoisotopic (exact) mass is 527 g/mol. The summed E-state index contributed by atoms with van der Waals surface area (Å²) in [5, 5.41) is 14.0. The van der Waals surface area contributed by atoms with E-state index in [0.717, 1.165) is 5.56 Å². The van der Waals surface area contributed by atoms with E-state index in [-0.39, 0.29) is 17.7 Å². The van der Waals surface area contributed by atoms with Gasteiger partial charge in [0, 0.05) is 34.5 Å². The Bertz CT molecular complexity index is 1160. The number of ether oxygens (including phenoxy) is 2. The van der Waals surface area contributed by atoms with Gasteiger partial charge in [-0.2, -0.15) is 11.8 Å². The maximum absolute atomic E-state index is 13.7. The predicted molar refractivity (Wildman–Crippen MR) is 140 cm³/mol. The summed E-state index contributed by atoms with van der Waals surface area (Å²) in [5.74, 6) is -2.82. The topological polar surface area (TPSA) is 119 Å². The Morgan fingerprint density at radius 2 is 1.78 bits per heavy atom. The Morgan fingerprint density at radius 3 is 2.41 bits per heavy atom. The molecule has 0 aromatic heterocycles. The van der Waals surface area contributed by atoms with Gasteiger partial charge in [-0.05, 0) is 44.9 Å². The molecule has 9 heteroatoms. The number of rotatable bonds is 9. The number of thioether (sulfide) groups is 1. The van der Waals surface area contributed by atoms with Gasteiger partial charge >= 0.3 is 11.9 Å². The molecule has 4 atom stereocenters. The Hall–Kier alpha value is -3.17. The van der Waals surface area contributed by atoms with Gasteiger partial charge in [0.2, 0.25) is 0 Å². The van der Waals surface area contributed by atoms with Crippen molar-refractivity contribution in [1.29, 1.82) is 0 Å². The van der Waals surface area contributed by atoms with Crippen molar-refractivity contribution in [2.75, 3.05) is 12.9 Å². The molecule has 198 valence electrons. The highest BCUT2D eigenvalue weighted by molar-refractivity contribution is 8.00. The summed E-state index contributed by atoms with van der Waals surface area (Å²) >= 11 is 1.50. The summed E-state index contributed by atoms with van der Waals surface area (Å²) in [6, 6.07) is 12.8. The second-order valence-electron chi connectivity index (χ2n) is 9.66. The van der Waals surface area contributed by atoms with E-state index >= 15 is 0 Å². The zero-order chi connectivity index (χ0) is 27.3. The number of aliphatic hydroxyl groups excluding tert-OH is 1. The number of Topliss-reactive ketones (excluding diaryl/α,β-unsaturated/α-hetero) is 1. The molecule has 0 spiro atoms. The zero-order valence-corrected chi connectivity index (χ0v) is 22.5. The third-order valence-corrected chi connectivity index (χ3v) is 8.24. The second-order valence-corrected chi connectivity index (χ2v) is 11.3. The first-order chi connectivity index (χ1) is 17.5. The van der Waals surface area contributed by atoms with Crippen LogP contribution in [0, 0.1) is 18.8 Å². The smallest absolute Gasteiger partial charge is 0.310 e. The Morgan fingerprint density at radius 1 is 1.11 bits per heavy atom. The van der Waals surface area contributed by atoms with Crippen molar-refractivity contribution in [3.63, 3.8) is 0 Å². The van der Waals surface area contributed by atoms with E-state index in [2.05, 4.69) is 5.32 Å². The number of nitrogens with one attached hydrogen (secondary N) is 1. The van der Waals surface area contributed by atoms with Crippen molar-refractivity contribution in [3.05, 3.63) is 65.2 Å². The highest BCUT2D eigenvalue weighted by Crippen LogP contribution is 2.48. The van der Waals surface area contributed by atoms with Crippen molar-refractivity contribution in [2.24, 2.45) is 11.8 Å². The molecule has 2 unspecified atom stereocenters. The van der Waals surface area contributed by atoms with Crippen LogP contribution in [0.2, 0.25) is 0 Å². The SMILES string of the molecule is COC(=O)[C@H]1C(C(O)C(=O)[C@H](Cc2ccccc2)NC(=O)c2cccc(OC(C)=O)c2C)CSC1(C)C. The number of carbonyl (C=O) groups is 4. The Kier molecular flexibility index (Phi) is 9.15. The number of amides is 1. The molecule has 0 aliphatic carbocycles. The third kappa shape index (κ3) is 6.59.